The maximum Gasteiger partial charge on any atom is 0.268 e. The lowest BCUT2D eigenvalue weighted by Crippen LogP contribution is -2.28. The van der Waals surface area contributed by atoms with Crippen molar-refractivity contribution >= 4 is 21.8 Å². The third-order valence-corrected chi connectivity index (χ3v) is 6.39. The van der Waals surface area contributed by atoms with Crippen molar-refractivity contribution < 1.29 is 13.5 Å². The predicted molar refractivity (Wildman–Crippen MR) is 107 cm³/mol. The van der Waals surface area contributed by atoms with Gasteiger partial charge < -0.3 is 5.11 Å². The van der Waals surface area contributed by atoms with Crippen molar-refractivity contribution in [2.45, 2.75) is 17.9 Å². The topological polar surface area (TPSA) is 57.6 Å². The minimum Gasteiger partial charge on any atom is -0.382 e. The van der Waals surface area contributed by atoms with Crippen molar-refractivity contribution in [1.29, 1.82) is 0 Å². The number of aryl methyl sites for hydroxylation is 1. The molecule has 3 aromatic carbocycles. The Morgan fingerprint density at radius 3 is 2.22 bits per heavy atom. The summed E-state index contributed by atoms with van der Waals surface area (Å²) >= 11 is 0. The van der Waals surface area contributed by atoms with E-state index in [9.17, 15) is 13.5 Å². The Balaban J connectivity index is 1.91. The molecule has 4 nitrogen and oxygen atoms in total. The van der Waals surface area contributed by atoms with E-state index in [0.29, 0.717) is 16.9 Å². The van der Waals surface area contributed by atoms with Crippen LogP contribution in [0.25, 0.3) is 6.08 Å². The second-order valence-corrected chi connectivity index (χ2v) is 8.31. The highest BCUT2D eigenvalue weighted by molar-refractivity contribution is 7.93. The Kier molecular flexibility index (Phi) is 4.34. The summed E-state index contributed by atoms with van der Waals surface area (Å²) < 4.78 is 28.1. The van der Waals surface area contributed by atoms with E-state index in [4.69, 9.17) is 0 Å². The number of para-hydroxylation sites is 1. The number of fused-ring (bicyclic) bond motifs is 1. The van der Waals surface area contributed by atoms with Crippen LogP contribution in [0.2, 0.25) is 0 Å². The Labute approximate surface area is 159 Å². The SMILES string of the molecule is Cc1ccc(S(=O)(=O)N2/C(=C/c3ccccc3)[C@H](O)c3ccccc32)cc1. The van der Waals surface area contributed by atoms with Crippen LogP contribution >= 0.6 is 0 Å². The van der Waals surface area contributed by atoms with Crippen LogP contribution in [-0.4, -0.2) is 13.5 Å². The highest BCUT2D eigenvalue weighted by Gasteiger charge is 2.40. The van der Waals surface area contributed by atoms with Crippen molar-refractivity contribution in [3.8, 4) is 0 Å². The first kappa shape index (κ1) is 17.5. The summed E-state index contributed by atoms with van der Waals surface area (Å²) in [6.07, 6.45) is 0.706. The number of sulfonamides is 1. The maximum atomic E-state index is 13.4. The third-order valence-electron chi connectivity index (χ3n) is 4.64. The van der Waals surface area contributed by atoms with E-state index in [1.165, 1.54) is 4.31 Å². The van der Waals surface area contributed by atoms with Gasteiger partial charge in [0.2, 0.25) is 0 Å². The summed E-state index contributed by atoms with van der Waals surface area (Å²) in [5, 5.41) is 10.9. The lowest BCUT2D eigenvalue weighted by Gasteiger charge is -2.22. The fourth-order valence-corrected chi connectivity index (χ4v) is 4.80. The molecular formula is C22H19NO3S. The van der Waals surface area contributed by atoms with Crippen molar-refractivity contribution in [2.24, 2.45) is 0 Å². The monoisotopic (exact) mass is 377 g/mol. The Bertz CT molecular complexity index is 1100. The average molecular weight is 377 g/mol. The largest absolute Gasteiger partial charge is 0.382 e. The second-order valence-electron chi connectivity index (χ2n) is 6.52. The molecule has 0 radical (unpaired) electrons. The summed E-state index contributed by atoms with van der Waals surface area (Å²) in [4.78, 5) is 0.191. The molecule has 1 aliphatic heterocycles. The number of aliphatic hydroxyl groups is 1. The van der Waals surface area contributed by atoms with Crippen LogP contribution in [-0.2, 0) is 10.0 Å². The first-order chi connectivity index (χ1) is 13.0. The zero-order chi connectivity index (χ0) is 19.0. The van der Waals surface area contributed by atoms with Crippen molar-refractivity contribution in [1.82, 2.24) is 0 Å². The Morgan fingerprint density at radius 2 is 1.52 bits per heavy atom. The molecule has 4 rings (SSSR count). The molecule has 0 unspecified atom stereocenters. The molecule has 0 aromatic heterocycles. The Hall–Kier alpha value is -2.89. The molecule has 0 saturated heterocycles. The van der Waals surface area contributed by atoms with Gasteiger partial charge in [-0.2, -0.15) is 0 Å². The molecule has 0 aliphatic carbocycles. The molecule has 0 bridgehead atoms. The van der Waals surface area contributed by atoms with Crippen molar-refractivity contribution in [2.75, 3.05) is 4.31 Å². The number of nitrogens with zero attached hydrogens (tertiary/aromatic N) is 1. The molecular weight excluding hydrogens is 358 g/mol. The molecule has 1 heterocycles. The summed E-state index contributed by atoms with van der Waals surface area (Å²) in [6.45, 7) is 1.91. The zero-order valence-corrected chi connectivity index (χ0v) is 15.6. The van der Waals surface area contributed by atoms with Gasteiger partial charge in [0.15, 0.2) is 0 Å². The summed E-state index contributed by atoms with van der Waals surface area (Å²) in [5.74, 6) is 0. The number of hydrogen-bond acceptors (Lipinski definition) is 3. The predicted octanol–water partition coefficient (Wildman–Crippen LogP) is 4.28. The number of anilines is 1. The molecule has 136 valence electrons. The number of aliphatic hydroxyl groups excluding tert-OH is 1. The smallest absolute Gasteiger partial charge is 0.268 e. The van der Waals surface area contributed by atoms with Gasteiger partial charge in [-0.15, -0.1) is 0 Å². The lowest BCUT2D eigenvalue weighted by atomic mass is 10.1. The van der Waals surface area contributed by atoms with Crippen LogP contribution in [0, 0.1) is 6.92 Å². The molecule has 1 aliphatic rings. The van der Waals surface area contributed by atoms with Gasteiger partial charge in [-0.1, -0.05) is 66.2 Å². The number of hydrogen-bond donors (Lipinski definition) is 1. The molecule has 5 heteroatoms. The standard InChI is InChI=1S/C22H19NO3S/c1-16-11-13-18(14-12-16)27(25,26)23-20-10-6-5-9-19(20)22(24)21(23)15-17-7-3-2-4-8-17/h2-15,22,24H,1H3/b21-15+/t22-/m1/s1. The van der Waals surface area contributed by atoms with E-state index in [1.807, 2.05) is 37.3 Å². The molecule has 0 saturated carbocycles. The van der Waals surface area contributed by atoms with Crippen LogP contribution in [0.15, 0.2) is 89.5 Å². The van der Waals surface area contributed by atoms with E-state index in [0.717, 1.165) is 11.1 Å². The maximum absolute atomic E-state index is 13.4. The summed E-state index contributed by atoms with van der Waals surface area (Å²) in [6, 6.07) is 23.2. The zero-order valence-electron chi connectivity index (χ0n) is 14.8. The van der Waals surface area contributed by atoms with Gasteiger partial charge in [-0.25, -0.2) is 12.7 Å². The minimum absolute atomic E-state index is 0.191. The van der Waals surface area contributed by atoms with Crippen LogP contribution in [0.3, 0.4) is 0 Å². The van der Waals surface area contributed by atoms with Gasteiger partial charge in [0.25, 0.3) is 10.0 Å². The molecule has 27 heavy (non-hydrogen) atoms. The quantitative estimate of drug-likeness (QED) is 0.741. The Morgan fingerprint density at radius 1 is 0.889 bits per heavy atom. The van der Waals surface area contributed by atoms with E-state index in [-0.39, 0.29) is 4.90 Å². The van der Waals surface area contributed by atoms with Crippen LogP contribution < -0.4 is 4.31 Å². The van der Waals surface area contributed by atoms with Crippen LogP contribution in [0.4, 0.5) is 5.69 Å². The third kappa shape index (κ3) is 3.05. The van der Waals surface area contributed by atoms with Gasteiger partial charge in [0.1, 0.15) is 6.10 Å². The lowest BCUT2D eigenvalue weighted by molar-refractivity contribution is 0.223. The van der Waals surface area contributed by atoms with Gasteiger partial charge >= 0.3 is 0 Å². The molecule has 0 amide bonds. The van der Waals surface area contributed by atoms with Gasteiger partial charge in [0.05, 0.1) is 16.3 Å². The van der Waals surface area contributed by atoms with Gasteiger partial charge in [0, 0.05) is 5.56 Å². The second kappa shape index (κ2) is 6.68. The number of rotatable bonds is 3. The average Bonchev–Trinajstić information content (AvgIpc) is 2.96. The van der Waals surface area contributed by atoms with E-state index in [2.05, 4.69) is 0 Å². The molecule has 3 aromatic rings. The van der Waals surface area contributed by atoms with Crippen LogP contribution in [0.1, 0.15) is 22.8 Å². The molecule has 1 N–H and O–H groups in total. The van der Waals surface area contributed by atoms with Gasteiger partial charge in [-0.05, 0) is 36.8 Å². The highest BCUT2D eigenvalue weighted by atomic mass is 32.2. The van der Waals surface area contributed by atoms with Crippen molar-refractivity contribution in [3.05, 3.63) is 101 Å². The summed E-state index contributed by atoms with van der Waals surface area (Å²) in [5.41, 5.74) is 3.19. The fourth-order valence-electron chi connectivity index (χ4n) is 3.25. The molecule has 0 fully saturated rings. The van der Waals surface area contributed by atoms with Crippen molar-refractivity contribution in [3.63, 3.8) is 0 Å². The van der Waals surface area contributed by atoms with Gasteiger partial charge in [-0.3, -0.25) is 0 Å². The van der Waals surface area contributed by atoms with E-state index >= 15 is 0 Å². The first-order valence-electron chi connectivity index (χ1n) is 8.64. The highest BCUT2D eigenvalue weighted by Crippen LogP contribution is 2.45. The summed E-state index contributed by atoms with van der Waals surface area (Å²) in [7, 11) is -3.87. The first-order valence-corrected chi connectivity index (χ1v) is 10.1. The minimum atomic E-state index is -3.87. The van der Waals surface area contributed by atoms with E-state index < -0.39 is 16.1 Å². The molecule has 0 spiro atoms. The normalized spacial score (nSPS) is 17.9. The van der Waals surface area contributed by atoms with Crippen LogP contribution in [0.5, 0.6) is 0 Å². The molecule has 1 atom stereocenters. The fraction of sp³-hybridized carbons (Fsp3) is 0.0909. The van der Waals surface area contributed by atoms with E-state index in [1.54, 1.807) is 54.6 Å². The number of benzene rings is 3.